The van der Waals surface area contributed by atoms with Gasteiger partial charge in [-0.3, -0.25) is 0 Å². The van der Waals surface area contributed by atoms with Gasteiger partial charge in [0.2, 0.25) is 10.0 Å². The number of sulfonamides is 1. The van der Waals surface area contributed by atoms with Crippen LogP contribution in [0.5, 0.6) is 0 Å². The fraction of sp³-hybridized carbons (Fsp3) is 0.143. The maximum Gasteiger partial charge on any atom is 0.240 e. The van der Waals surface area contributed by atoms with Crippen LogP contribution in [0.1, 0.15) is 11.1 Å². The molecule has 0 saturated carbocycles. The van der Waals surface area contributed by atoms with Crippen LogP contribution in [0, 0.1) is 0 Å². The van der Waals surface area contributed by atoms with Crippen molar-refractivity contribution < 1.29 is 13.5 Å². The van der Waals surface area contributed by atoms with Gasteiger partial charge in [-0.05, 0) is 35.4 Å². The van der Waals surface area contributed by atoms with Crippen LogP contribution in [0.15, 0.2) is 51.8 Å². The molecule has 2 N–H and O–H groups in total. The molecule has 0 radical (unpaired) electrons. The van der Waals surface area contributed by atoms with Gasteiger partial charge in [-0.25, -0.2) is 13.1 Å². The van der Waals surface area contributed by atoms with Crippen molar-refractivity contribution in [1.82, 2.24) is 4.72 Å². The summed E-state index contributed by atoms with van der Waals surface area (Å²) in [6, 6.07) is 11.6. The Bertz CT molecular complexity index is 750. The molecule has 0 atom stereocenters. The van der Waals surface area contributed by atoms with Crippen molar-refractivity contribution in [1.29, 1.82) is 0 Å². The quantitative estimate of drug-likeness (QED) is 0.824. The van der Waals surface area contributed by atoms with Crippen molar-refractivity contribution in [2.45, 2.75) is 18.0 Å². The molecule has 2 aromatic carbocycles. The van der Waals surface area contributed by atoms with Crippen LogP contribution >= 0.6 is 27.5 Å². The summed E-state index contributed by atoms with van der Waals surface area (Å²) < 4.78 is 27.8. The highest BCUT2D eigenvalue weighted by Crippen LogP contribution is 2.21. The molecule has 0 fully saturated rings. The molecule has 2 rings (SSSR count). The third kappa shape index (κ3) is 4.05. The molecule has 21 heavy (non-hydrogen) atoms. The van der Waals surface area contributed by atoms with E-state index < -0.39 is 10.0 Å². The van der Waals surface area contributed by atoms with Crippen LogP contribution in [-0.2, 0) is 23.2 Å². The Labute approximate surface area is 136 Å². The van der Waals surface area contributed by atoms with Crippen molar-refractivity contribution in [3.63, 3.8) is 0 Å². The predicted octanol–water partition coefficient (Wildman–Crippen LogP) is 3.07. The zero-order valence-corrected chi connectivity index (χ0v) is 14.0. The number of hydrogen-bond acceptors (Lipinski definition) is 3. The van der Waals surface area contributed by atoms with E-state index >= 15 is 0 Å². The molecule has 0 amide bonds. The number of hydrogen-bond donors (Lipinski definition) is 2. The Kier molecular flexibility index (Phi) is 5.40. The highest BCUT2D eigenvalue weighted by molar-refractivity contribution is 9.10. The monoisotopic (exact) mass is 389 g/mol. The zero-order valence-electron chi connectivity index (χ0n) is 10.9. The van der Waals surface area contributed by atoms with Crippen LogP contribution in [0.2, 0.25) is 5.02 Å². The molecule has 2 aromatic rings. The zero-order chi connectivity index (χ0) is 15.5. The second-order valence-electron chi connectivity index (χ2n) is 4.33. The van der Waals surface area contributed by atoms with E-state index in [1.807, 2.05) is 24.3 Å². The standard InChI is InChI=1S/C14H13BrClNO3S/c15-13-4-2-1-3-10(13)8-17-21(19,20)12-5-6-14(16)11(7-12)9-18/h1-7,17-18H,8-9H2. The molecular formula is C14H13BrClNO3S. The van der Waals surface area contributed by atoms with Crippen molar-refractivity contribution >= 4 is 37.6 Å². The van der Waals surface area contributed by atoms with Crippen molar-refractivity contribution in [3.8, 4) is 0 Å². The number of nitrogens with one attached hydrogen (secondary N) is 1. The van der Waals surface area contributed by atoms with E-state index in [0.717, 1.165) is 10.0 Å². The Morgan fingerprint density at radius 3 is 2.52 bits per heavy atom. The Morgan fingerprint density at radius 2 is 1.86 bits per heavy atom. The van der Waals surface area contributed by atoms with Gasteiger partial charge in [0.1, 0.15) is 0 Å². The molecule has 0 unspecified atom stereocenters. The summed E-state index contributed by atoms with van der Waals surface area (Å²) in [5.41, 5.74) is 1.21. The Balaban J connectivity index is 2.21. The summed E-state index contributed by atoms with van der Waals surface area (Å²) in [6.45, 7) is -0.146. The molecule has 4 nitrogen and oxygen atoms in total. The van der Waals surface area contributed by atoms with Crippen molar-refractivity contribution in [2.75, 3.05) is 0 Å². The van der Waals surface area contributed by atoms with Crippen LogP contribution in [0.3, 0.4) is 0 Å². The third-order valence-corrected chi connectivity index (χ3v) is 5.45. The van der Waals surface area contributed by atoms with Gasteiger partial charge in [0.15, 0.2) is 0 Å². The lowest BCUT2D eigenvalue weighted by molar-refractivity contribution is 0.281. The first kappa shape index (κ1) is 16.5. The van der Waals surface area contributed by atoms with Gasteiger partial charge in [0.25, 0.3) is 0 Å². The molecule has 0 saturated heterocycles. The van der Waals surface area contributed by atoms with Gasteiger partial charge in [-0.1, -0.05) is 45.7 Å². The van der Waals surface area contributed by atoms with E-state index in [9.17, 15) is 8.42 Å². The SMILES string of the molecule is O=S(=O)(NCc1ccccc1Br)c1ccc(Cl)c(CO)c1. The summed E-state index contributed by atoms with van der Waals surface area (Å²) in [5.74, 6) is 0. The number of rotatable bonds is 5. The van der Waals surface area contributed by atoms with Gasteiger partial charge in [-0.2, -0.15) is 0 Å². The summed E-state index contributed by atoms with van der Waals surface area (Å²) >= 11 is 9.23. The summed E-state index contributed by atoms with van der Waals surface area (Å²) in [4.78, 5) is 0.0722. The lowest BCUT2D eigenvalue weighted by atomic mass is 10.2. The number of halogens is 2. The first-order chi connectivity index (χ1) is 9.94. The minimum absolute atomic E-state index is 0.0722. The average molecular weight is 391 g/mol. The number of benzene rings is 2. The van der Waals surface area contributed by atoms with E-state index in [1.54, 1.807) is 0 Å². The van der Waals surface area contributed by atoms with E-state index in [0.29, 0.717) is 10.6 Å². The van der Waals surface area contributed by atoms with Crippen LogP contribution < -0.4 is 4.72 Å². The van der Waals surface area contributed by atoms with E-state index in [-0.39, 0.29) is 18.0 Å². The van der Waals surface area contributed by atoms with Crippen molar-refractivity contribution in [2.24, 2.45) is 0 Å². The number of aliphatic hydroxyl groups excluding tert-OH is 1. The van der Waals surface area contributed by atoms with Crippen molar-refractivity contribution in [3.05, 3.63) is 63.1 Å². The molecule has 0 bridgehead atoms. The fourth-order valence-corrected chi connectivity index (χ4v) is 3.40. The minimum Gasteiger partial charge on any atom is -0.392 e. The topological polar surface area (TPSA) is 66.4 Å². The second-order valence-corrected chi connectivity index (χ2v) is 7.36. The normalized spacial score (nSPS) is 11.6. The third-order valence-electron chi connectivity index (χ3n) is 2.91. The van der Waals surface area contributed by atoms with Gasteiger partial charge >= 0.3 is 0 Å². The van der Waals surface area contributed by atoms with Gasteiger partial charge in [0, 0.05) is 16.0 Å². The average Bonchev–Trinajstić information content (AvgIpc) is 2.46. The van der Waals surface area contributed by atoms with Crippen LogP contribution in [0.25, 0.3) is 0 Å². The van der Waals surface area contributed by atoms with Crippen LogP contribution in [-0.4, -0.2) is 13.5 Å². The van der Waals surface area contributed by atoms with E-state index in [2.05, 4.69) is 20.7 Å². The minimum atomic E-state index is -3.67. The smallest absolute Gasteiger partial charge is 0.240 e. The summed E-state index contributed by atoms with van der Waals surface area (Å²) in [5, 5.41) is 9.48. The molecule has 112 valence electrons. The molecule has 0 aliphatic carbocycles. The fourth-order valence-electron chi connectivity index (χ4n) is 1.74. The highest BCUT2D eigenvalue weighted by atomic mass is 79.9. The van der Waals surface area contributed by atoms with Gasteiger partial charge in [-0.15, -0.1) is 0 Å². The first-order valence-electron chi connectivity index (χ1n) is 6.06. The van der Waals surface area contributed by atoms with E-state index in [4.69, 9.17) is 16.7 Å². The maximum atomic E-state index is 12.2. The largest absolute Gasteiger partial charge is 0.392 e. The lowest BCUT2D eigenvalue weighted by Gasteiger charge is -2.10. The molecule has 7 heteroatoms. The Morgan fingerprint density at radius 1 is 1.14 bits per heavy atom. The molecule has 0 aliphatic heterocycles. The maximum absolute atomic E-state index is 12.2. The number of aliphatic hydroxyl groups is 1. The highest BCUT2D eigenvalue weighted by Gasteiger charge is 2.15. The second kappa shape index (κ2) is 6.89. The first-order valence-corrected chi connectivity index (χ1v) is 8.72. The molecule has 0 spiro atoms. The van der Waals surface area contributed by atoms with Gasteiger partial charge in [0.05, 0.1) is 11.5 Å². The predicted molar refractivity (Wildman–Crippen MR) is 85.5 cm³/mol. The summed E-state index contributed by atoms with van der Waals surface area (Å²) in [7, 11) is -3.67. The Hall–Kier alpha value is -0.920. The summed E-state index contributed by atoms with van der Waals surface area (Å²) in [6.07, 6.45) is 0. The van der Waals surface area contributed by atoms with E-state index in [1.165, 1.54) is 18.2 Å². The molecule has 0 heterocycles. The molecule has 0 aliphatic rings. The lowest BCUT2D eigenvalue weighted by Crippen LogP contribution is -2.23. The van der Waals surface area contributed by atoms with Gasteiger partial charge < -0.3 is 5.11 Å². The molecular weight excluding hydrogens is 378 g/mol. The molecule has 0 aromatic heterocycles. The van der Waals surface area contributed by atoms with Crippen LogP contribution in [0.4, 0.5) is 0 Å².